The van der Waals surface area contributed by atoms with Crippen LogP contribution >= 0.6 is 0 Å². The molecule has 8 nitrogen and oxygen atoms in total. The van der Waals surface area contributed by atoms with Crippen molar-refractivity contribution in [3.63, 3.8) is 0 Å². The number of hydrogen-bond donors (Lipinski definition) is 0. The number of nitro groups is 1. The number of nitrogens with zero attached hydrogens (tertiary/aromatic N) is 5. The second-order valence-corrected chi connectivity index (χ2v) is 6.61. The Balaban J connectivity index is 1.94. The van der Waals surface area contributed by atoms with Crippen molar-refractivity contribution in [1.29, 1.82) is 0 Å². The minimum absolute atomic E-state index is 0.0716. The molecule has 2 aromatic carbocycles. The van der Waals surface area contributed by atoms with Gasteiger partial charge in [-0.05, 0) is 54.7 Å². The van der Waals surface area contributed by atoms with E-state index in [0.717, 1.165) is 37.3 Å². The van der Waals surface area contributed by atoms with Crippen molar-refractivity contribution >= 4 is 33.8 Å². The molecule has 1 aromatic heterocycles. The molecule has 140 valence electrons. The molecule has 2 heterocycles. The molecule has 0 saturated carbocycles. The van der Waals surface area contributed by atoms with Crippen LogP contribution in [0.1, 0.15) is 26.2 Å². The van der Waals surface area contributed by atoms with E-state index < -0.39 is 4.92 Å². The van der Waals surface area contributed by atoms with Gasteiger partial charge in [0.1, 0.15) is 5.69 Å². The second-order valence-electron chi connectivity index (χ2n) is 6.61. The molecule has 1 saturated heterocycles. The van der Waals surface area contributed by atoms with Crippen LogP contribution in [0.3, 0.4) is 0 Å². The zero-order valence-electron chi connectivity index (χ0n) is 15.2. The molecule has 0 unspecified atom stereocenters. The van der Waals surface area contributed by atoms with Gasteiger partial charge in [0.15, 0.2) is 5.52 Å². The Morgan fingerprint density at radius 1 is 1.15 bits per heavy atom. The number of piperidine rings is 1. The van der Waals surface area contributed by atoms with Gasteiger partial charge in [-0.2, -0.15) is 0 Å². The SMILES string of the molecule is CCN(c1ccccc1)c1cc(N2CCCCC2)c2nonc2c1[N+](=O)[O-]. The molecule has 27 heavy (non-hydrogen) atoms. The summed E-state index contributed by atoms with van der Waals surface area (Å²) in [6.07, 6.45) is 3.38. The minimum atomic E-state index is -0.395. The molecule has 1 aliphatic rings. The maximum atomic E-state index is 11.9. The number of anilines is 3. The van der Waals surface area contributed by atoms with Crippen molar-refractivity contribution in [3.8, 4) is 0 Å². The molecular weight excluding hydrogens is 346 g/mol. The molecule has 8 heteroatoms. The van der Waals surface area contributed by atoms with E-state index in [1.165, 1.54) is 6.42 Å². The van der Waals surface area contributed by atoms with Crippen molar-refractivity contribution < 1.29 is 9.55 Å². The van der Waals surface area contributed by atoms with E-state index in [1.807, 2.05) is 48.2 Å². The zero-order chi connectivity index (χ0) is 18.8. The Kier molecular flexibility index (Phi) is 4.62. The number of rotatable bonds is 5. The van der Waals surface area contributed by atoms with E-state index in [1.54, 1.807) is 0 Å². The molecule has 3 aromatic rings. The number of fused-ring (bicyclic) bond motifs is 1. The van der Waals surface area contributed by atoms with Gasteiger partial charge >= 0.3 is 5.69 Å². The van der Waals surface area contributed by atoms with Gasteiger partial charge in [0.25, 0.3) is 0 Å². The van der Waals surface area contributed by atoms with Crippen LogP contribution in [0.5, 0.6) is 0 Å². The number of aromatic nitrogens is 2. The summed E-state index contributed by atoms with van der Waals surface area (Å²) in [6, 6.07) is 11.5. The first-order valence-corrected chi connectivity index (χ1v) is 9.22. The summed E-state index contributed by atoms with van der Waals surface area (Å²) in [5.41, 5.74) is 2.84. The van der Waals surface area contributed by atoms with E-state index in [-0.39, 0.29) is 11.2 Å². The standard InChI is InChI=1S/C19H21N5O3/c1-2-23(14-9-5-3-6-10-14)16-13-15(22-11-7-4-8-12-22)17-18(21-27-20-17)19(16)24(25)26/h3,5-6,9-10,13H,2,4,7-8,11-12H2,1H3. The third-order valence-corrected chi connectivity index (χ3v) is 5.03. The summed E-state index contributed by atoms with van der Waals surface area (Å²) in [7, 11) is 0. The summed E-state index contributed by atoms with van der Waals surface area (Å²) in [6.45, 7) is 4.36. The van der Waals surface area contributed by atoms with Crippen molar-refractivity contribution in [2.45, 2.75) is 26.2 Å². The topological polar surface area (TPSA) is 88.5 Å². The highest BCUT2D eigenvalue weighted by Gasteiger charge is 2.30. The number of para-hydroxylation sites is 1. The van der Waals surface area contributed by atoms with E-state index in [9.17, 15) is 10.1 Å². The first kappa shape index (κ1) is 17.3. The van der Waals surface area contributed by atoms with Gasteiger partial charge in [0.05, 0.1) is 10.6 Å². The average Bonchev–Trinajstić information content (AvgIpc) is 3.18. The van der Waals surface area contributed by atoms with E-state index >= 15 is 0 Å². The predicted molar refractivity (Wildman–Crippen MR) is 104 cm³/mol. The molecular formula is C19H21N5O3. The highest BCUT2D eigenvalue weighted by molar-refractivity contribution is 6.01. The molecule has 1 aliphatic heterocycles. The molecule has 1 fully saturated rings. The zero-order valence-corrected chi connectivity index (χ0v) is 15.2. The largest absolute Gasteiger partial charge is 0.370 e. The van der Waals surface area contributed by atoms with Gasteiger partial charge in [-0.3, -0.25) is 10.1 Å². The lowest BCUT2D eigenvalue weighted by atomic mass is 10.1. The summed E-state index contributed by atoms with van der Waals surface area (Å²) >= 11 is 0. The first-order valence-electron chi connectivity index (χ1n) is 9.22. The van der Waals surface area contributed by atoms with E-state index in [0.29, 0.717) is 17.7 Å². The van der Waals surface area contributed by atoms with E-state index in [2.05, 4.69) is 15.2 Å². The van der Waals surface area contributed by atoms with Crippen LogP contribution in [0.25, 0.3) is 11.0 Å². The Bertz CT molecular complexity index is 951. The summed E-state index contributed by atoms with van der Waals surface area (Å²) < 4.78 is 4.91. The highest BCUT2D eigenvalue weighted by Crippen LogP contribution is 2.43. The molecule has 0 atom stereocenters. The maximum Gasteiger partial charge on any atom is 0.324 e. The van der Waals surface area contributed by atoms with Crippen molar-refractivity contribution in [3.05, 3.63) is 46.5 Å². The average molecular weight is 367 g/mol. The van der Waals surface area contributed by atoms with Crippen LogP contribution in [0.2, 0.25) is 0 Å². The Morgan fingerprint density at radius 2 is 1.85 bits per heavy atom. The molecule has 4 rings (SSSR count). The molecule has 0 spiro atoms. The normalized spacial score (nSPS) is 14.5. The van der Waals surface area contributed by atoms with Gasteiger partial charge in [-0.25, -0.2) is 4.63 Å². The second kappa shape index (κ2) is 7.22. The fourth-order valence-electron chi connectivity index (χ4n) is 3.76. The number of hydrogen-bond acceptors (Lipinski definition) is 7. The first-order chi connectivity index (χ1) is 13.2. The highest BCUT2D eigenvalue weighted by atomic mass is 16.6. The van der Waals surface area contributed by atoms with Crippen LogP contribution < -0.4 is 9.80 Å². The van der Waals surface area contributed by atoms with Crippen LogP contribution in [0.4, 0.5) is 22.7 Å². The molecule has 0 bridgehead atoms. The smallest absolute Gasteiger partial charge is 0.324 e. The molecule has 0 radical (unpaired) electrons. The minimum Gasteiger partial charge on any atom is -0.370 e. The van der Waals surface area contributed by atoms with E-state index in [4.69, 9.17) is 4.63 Å². The van der Waals surface area contributed by atoms with Crippen LogP contribution in [-0.4, -0.2) is 34.9 Å². The Labute approximate surface area is 156 Å². The fraction of sp³-hybridized carbons (Fsp3) is 0.368. The molecule has 0 aliphatic carbocycles. The van der Waals surface area contributed by atoms with Gasteiger partial charge in [0.2, 0.25) is 5.52 Å². The number of benzene rings is 2. The van der Waals surface area contributed by atoms with Crippen LogP contribution in [0.15, 0.2) is 41.0 Å². The third kappa shape index (κ3) is 3.07. The van der Waals surface area contributed by atoms with Gasteiger partial charge in [0, 0.05) is 25.3 Å². The Hall–Kier alpha value is -3.16. The quantitative estimate of drug-likeness (QED) is 0.491. The fourth-order valence-corrected chi connectivity index (χ4v) is 3.76. The lowest BCUT2D eigenvalue weighted by Gasteiger charge is -2.30. The molecule has 0 N–H and O–H groups in total. The summed E-state index contributed by atoms with van der Waals surface area (Å²) in [4.78, 5) is 15.7. The Morgan fingerprint density at radius 3 is 2.52 bits per heavy atom. The molecule has 0 amide bonds. The third-order valence-electron chi connectivity index (χ3n) is 5.03. The van der Waals surface area contributed by atoms with Crippen LogP contribution in [-0.2, 0) is 0 Å². The lowest BCUT2D eigenvalue weighted by Crippen LogP contribution is -2.30. The summed E-state index contributed by atoms with van der Waals surface area (Å²) in [5.74, 6) is 0. The van der Waals surface area contributed by atoms with Crippen molar-refractivity contribution in [2.24, 2.45) is 0 Å². The number of nitro benzene ring substituents is 1. The monoisotopic (exact) mass is 367 g/mol. The van der Waals surface area contributed by atoms with Gasteiger partial charge < -0.3 is 9.80 Å². The predicted octanol–water partition coefficient (Wildman–Crippen LogP) is 4.28. The van der Waals surface area contributed by atoms with Gasteiger partial charge in [-0.15, -0.1) is 0 Å². The lowest BCUT2D eigenvalue weighted by molar-refractivity contribution is -0.382. The van der Waals surface area contributed by atoms with Crippen molar-refractivity contribution in [1.82, 2.24) is 10.3 Å². The van der Waals surface area contributed by atoms with Crippen LogP contribution in [0, 0.1) is 10.1 Å². The maximum absolute atomic E-state index is 11.9. The van der Waals surface area contributed by atoms with Crippen molar-refractivity contribution in [2.75, 3.05) is 29.4 Å². The summed E-state index contributed by atoms with van der Waals surface area (Å²) in [5, 5.41) is 19.8. The van der Waals surface area contributed by atoms with Gasteiger partial charge in [-0.1, -0.05) is 18.2 Å².